The highest BCUT2D eigenvalue weighted by atomic mass is 35.5. The topological polar surface area (TPSA) is 26.3 Å². The SMILES string of the molecule is COC(=O)C(Cl)Cc1ccccc1C. The maximum absolute atomic E-state index is 11.1. The molecule has 0 fully saturated rings. The number of alkyl halides is 1. The molecule has 0 aliphatic rings. The second kappa shape index (κ2) is 5.01. The molecule has 1 rings (SSSR count). The maximum atomic E-state index is 11.1. The van der Waals surface area contributed by atoms with Crippen LogP contribution in [0.4, 0.5) is 0 Å². The molecular weight excluding hydrogens is 200 g/mol. The van der Waals surface area contributed by atoms with E-state index in [1.54, 1.807) is 0 Å². The van der Waals surface area contributed by atoms with Gasteiger partial charge in [-0.05, 0) is 24.5 Å². The molecule has 0 spiro atoms. The number of halogens is 1. The fourth-order valence-corrected chi connectivity index (χ4v) is 1.50. The monoisotopic (exact) mass is 212 g/mol. The zero-order valence-electron chi connectivity index (χ0n) is 8.29. The minimum absolute atomic E-state index is 0.380. The van der Waals surface area contributed by atoms with Crippen molar-refractivity contribution in [3.05, 3.63) is 35.4 Å². The van der Waals surface area contributed by atoms with Crippen molar-refractivity contribution in [1.82, 2.24) is 0 Å². The molecule has 0 heterocycles. The number of rotatable bonds is 3. The predicted molar refractivity (Wildman–Crippen MR) is 56.5 cm³/mol. The first-order valence-electron chi connectivity index (χ1n) is 4.41. The maximum Gasteiger partial charge on any atom is 0.324 e. The first-order valence-corrected chi connectivity index (χ1v) is 4.85. The van der Waals surface area contributed by atoms with Gasteiger partial charge in [0.15, 0.2) is 0 Å². The van der Waals surface area contributed by atoms with E-state index in [1.807, 2.05) is 31.2 Å². The van der Waals surface area contributed by atoms with Gasteiger partial charge in [0.25, 0.3) is 0 Å². The molecule has 0 saturated heterocycles. The third-order valence-corrected chi connectivity index (χ3v) is 2.45. The molecule has 0 saturated carbocycles. The number of aryl methyl sites for hydroxylation is 1. The highest BCUT2D eigenvalue weighted by molar-refractivity contribution is 6.30. The van der Waals surface area contributed by atoms with Gasteiger partial charge in [0.1, 0.15) is 5.38 Å². The summed E-state index contributed by atoms with van der Waals surface area (Å²) in [5.74, 6) is -0.380. The van der Waals surface area contributed by atoms with Crippen molar-refractivity contribution in [2.75, 3.05) is 7.11 Å². The summed E-state index contributed by atoms with van der Waals surface area (Å²) in [7, 11) is 1.34. The highest BCUT2D eigenvalue weighted by Gasteiger charge is 2.16. The number of carbonyl (C=O) groups excluding carboxylic acids is 1. The summed E-state index contributed by atoms with van der Waals surface area (Å²) in [4.78, 5) is 11.1. The Balaban J connectivity index is 2.69. The van der Waals surface area contributed by atoms with Crippen molar-refractivity contribution in [1.29, 1.82) is 0 Å². The average molecular weight is 213 g/mol. The predicted octanol–water partition coefficient (Wildman–Crippen LogP) is 2.32. The summed E-state index contributed by atoms with van der Waals surface area (Å²) in [6, 6.07) is 7.85. The smallest absolute Gasteiger partial charge is 0.324 e. The molecule has 1 aromatic rings. The molecule has 76 valence electrons. The van der Waals surface area contributed by atoms with Crippen LogP contribution in [0.5, 0.6) is 0 Å². The van der Waals surface area contributed by atoms with Gasteiger partial charge in [0, 0.05) is 0 Å². The summed E-state index contributed by atoms with van der Waals surface area (Å²) in [5.41, 5.74) is 2.22. The number of hydrogen-bond donors (Lipinski definition) is 0. The van der Waals surface area contributed by atoms with Gasteiger partial charge in [0.2, 0.25) is 0 Å². The Morgan fingerprint density at radius 1 is 1.50 bits per heavy atom. The number of carbonyl (C=O) groups is 1. The van der Waals surface area contributed by atoms with E-state index in [2.05, 4.69) is 4.74 Å². The van der Waals surface area contributed by atoms with Crippen LogP contribution in [0.15, 0.2) is 24.3 Å². The zero-order chi connectivity index (χ0) is 10.6. The summed E-state index contributed by atoms with van der Waals surface area (Å²) in [6.07, 6.45) is 0.515. The molecule has 0 bridgehead atoms. The number of methoxy groups -OCH3 is 1. The van der Waals surface area contributed by atoms with E-state index in [4.69, 9.17) is 11.6 Å². The van der Waals surface area contributed by atoms with Crippen LogP contribution in [-0.2, 0) is 16.0 Å². The molecule has 2 nitrogen and oxygen atoms in total. The molecular formula is C11H13ClO2. The van der Waals surface area contributed by atoms with Gasteiger partial charge < -0.3 is 4.74 Å². The van der Waals surface area contributed by atoms with Gasteiger partial charge in [0.05, 0.1) is 7.11 Å². The summed E-state index contributed by atoms with van der Waals surface area (Å²) in [6.45, 7) is 2.00. The van der Waals surface area contributed by atoms with Crippen LogP contribution < -0.4 is 0 Å². The molecule has 3 heteroatoms. The molecule has 0 aromatic heterocycles. The lowest BCUT2D eigenvalue weighted by Gasteiger charge is -2.09. The van der Waals surface area contributed by atoms with Crippen LogP contribution in [0.1, 0.15) is 11.1 Å². The van der Waals surface area contributed by atoms with E-state index in [9.17, 15) is 4.79 Å². The van der Waals surface area contributed by atoms with E-state index in [1.165, 1.54) is 7.11 Å². The lowest BCUT2D eigenvalue weighted by Crippen LogP contribution is -2.18. The van der Waals surface area contributed by atoms with Gasteiger partial charge >= 0.3 is 5.97 Å². The van der Waals surface area contributed by atoms with Crippen LogP contribution in [0.2, 0.25) is 0 Å². The van der Waals surface area contributed by atoms with E-state index < -0.39 is 5.38 Å². The summed E-state index contributed by atoms with van der Waals surface area (Å²) < 4.78 is 4.55. The highest BCUT2D eigenvalue weighted by Crippen LogP contribution is 2.13. The van der Waals surface area contributed by atoms with Crippen LogP contribution in [-0.4, -0.2) is 18.5 Å². The number of benzene rings is 1. The van der Waals surface area contributed by atoms with E-state index in [0.717, 1.165) is 11.1 Å². The largest absolute Gasteiger partial charge is 0.468 e. The summed E-state index contributed by atoms with van der Waals surface area (Å²) >= 11 is 5.86. The molecule has 0 radical (unpaired) electrons. The number of esters is 1. The first-order chi connectivity index (χ1) is 6.65. The van der Waals surface area contributed by atoms with Crippen molar-refractivity contribution < 1.29 is 9.53 Å². The van der Waals surface area contributed by atoms with E-state index in [0.29, 0.717) is 6.42 Å². The van der Waals surface area contributed by atoms with Crippen molar-refractivity contribution >= 4 is 17.6 Å². The first kappa shape index (κ1) is 11.1. The van der Waals surface area contributed by atoms with Crippen LogP contribution in [0, 0.1) is 6.92 Å². The minimum atomic E-state index is -0.596. The quantitative estimate of drug-likeness (QED) is 0.568. The molecule has 1 atom stereocenters. The third-order valence-electron chi connectivity index (χ3n) is 2.12. The van der Waals surface area contributed by atoms with Crippen molar-refractivity contribution in [2.24, 2.45) is 0 Å². The molecule has 0 amide bonds. The van der Waals surface area contributed by atoms with Crippen molar-refractivity contribution in [3.63, 3.8) is 0 Å². The van der Waals surface area contributed by atoms with Crippen molar-refractivity contribution in [2.45, 2.75) is 18.7 Å². The van der Waals surface area contributed by atoms with Gasteiger partial charge in [-0.15, -0.1) is 11.6 Å². The van der Waals surface area contributed by atoms with E-state index in [-0.39, 0.29) is 5.97 Å². The zero-order valence-corrected chi connectivity index (χ0v) is 9.04. The molecule has 0 aliphatic heterocycles. The van der Waals surface area contributed by atoms with Gasteiger partial charge in [-0.1, -0.05) is 24.3 Å². The van der Waals surface area contributed by atoms with E-state index >= 15 is 0 Å². The van der Waals surface area contributed by atoms with Gasteiger partial charge in [-0.2, -0.15) is 0 Å². The Hall–Kier alpha value is -1.02. The van der Waals surface area contributed by atoms with Crippen molar-refractivity contribution in [3.8, 4) is 0 Å². The Labute approximate surface area is 88.8 Å². The Morgan fingerprint density at radius 2 is 2.14 bits per heavy atom. The average Bonchev–Trinajstić information content (AvgIpc) is 2.20. The minimum Gasteiger partial charge on any atom is -0.468 e. The Bertz CT molecular complexity index is 323. The van der Waals surface area contributed by atoms with Crippen LogP contribution in [0.25, 0.3) is 0 Å². The number of hydrogen-bond acceptors (Lipinski definition) is 2. The number of ether oxygens (including phenoxy) is 1. The normalized spacial score (nSPS) is 12.2. The second-order valence-corrected chi connectivity index (χ2v) is 3.65. The lowest BCUT2D eigenvalue weighted by atomic mass is 10.0. The Kier molecular flexibility index (Phi) is 3.96. The fraction of sp³-hybridized carbons (Fsp3) is 0.364. The molecule has 1 unspecified atom stereocenters. The van der Waals surface area contributed by atoms with Gasteiger partial charge in [-0.3, -0.25) is 4.79 Å². The fourth-order valence-electron chi connectivity index (χ4n) is 1.24. The van der Waals surface area contributed by atoms with Crippen LogP contribution in [0.3, 0.4) is 0 Å². The summed E-state index contributed by atoms with van der Waals surface area (Å²) in [5, 5.41) is -0.596. The molecule has 1 aromatic carbocycles. The molecule has 0 N–H and O–H groups in total. The van der Waals surface area contributed by atoms with Crippen LogP contribution >= 0.6 is 11.6 Å². The molecule has 0 aliphatic carbocycles. The second-order valence-electron chi connectivity index (χ2n) is 3.12. The lowest BCUT2D eigenvalue weighted by molar-refractivity contribution is -0.140. The Morgan fingerprint density at radius 3 is 2.71 bits per heavy atom. The molecule has 14 heavy (non-hydrogen) atoms. The standard InChI is InChI=1S/C11H13ClO2/c1-8-5-3-4-6-9(8)7-10(12)11(13)14-2/h3-6,10H,7H2,1-2H3. The third kappa shape index (κ3) is 2.74. The van der Waals surface area contributed by atoms with Gasteiger partial charge in [-0.25, -0.2) is 0 Å².